The molecule has 0 aliphatic heterocycles. The van der Waals surface area contributed by atoms with Gasteiger partial charge in [0.15, 0.2) is 6.10 Å². The van der Waals surface area contributed by atoms with Crippen LogP contribution in [0.15, 0.2) is 18.2 Å². The Morgan fingerprint density at radius 2 is 2.00 bits per heavy atom. The number of nitrogens with one attached hydrogen (secondary N) is 1. The number of hydrogen-bond donors (Lipinski definition) is 2. The molecule has 0 radical (unpaired) electrons. The molecule has 1 aromatic heterocycles. The van der Waals surface area contributed by atoms with E-state index < -0.39 is 23.9 Å². The molecule has 148 valence electrons. The summed E-state index contributed by atoms with van der Waals surface area (Å²) in [6.07, 6.45) is 1.58. The van der Waals surface area contributed by atoms with Gasteiger partial charge < -0.3 is 20.5 Å². The molecule has 2 amide bonds. The van der Waals surface area contributed by atoms with E-state index in [0.717, 1.165) is 35.3 Å². The number of primary amides is 1. The van der Waals surface area contributed by atoms with Crippen LogP contribution in [0, 0.1) is 6.92 Å². The maximum Gasteiger partial charge on any atom is 0.339 e. The summed E-state index contributed by atoms with van der Waals surface area (Å²) in [7, 11) is 1.52. The Morgan fingerprint density at radius 1 is 1.25 bits per heavy atom. The van der Waals surface area contributed by atoms with Crippen molar-refractivity contribution >= 4 is 34.1 Å². The van der Waals surface area contributed by atoms with Crippen molar-refractivity contribution in [2.24, 2.45) is 5.73 Å². The number of aryl methyl sites for hydroxylation is 2. The zero-order valence-corrected chi connectivity index (χ0v) is 16.8. The molecule has 2 aromatic rings. The molecule has 0 unspecified atom stereocenters. The molecule has 0 fully saturated rings. The number of amides is 2. The lowest BCUT2D eigenvalue weighted by Crippen LogP contribution is -2.30. The number of thiophene rings is 1. The van der Waals surface area contributed by atoms with Crippen LogP contribution in [-0.2, 0) is 22.4 Å². The van der Waals surface area contributed by atoms with E-state index in [2.05, 4.69) is 5.32 Å². The fraction of sp³-hybridized carbons (Fsp3) is 0.350. The van der Waals surface area contributed by atoms with Gasteiger partial charge in [-0.3, -0.25) is 9.59 Å². The smallest absolute Gasteiger partial charge is 0.339 e. The summed E-state index contributed by atoms with van der Waals surface area (Å²) in [5.41, 5.74) is 7.96. The Kier molecular flexibility index (Phi) is 5.69. The number of hydrogen-bond acceptors (Lipinski definition) is 6. The third-order valence-corrected chi connectivity index (χ3v) is 5.91. The van der Waals surface area contributed by atoms with Crippen LogP contribution < -0.4 is 15.8 Å². The first-order valence-electron chi connectivity index (χ1n) is 8.92. The van der Waals surface area contributed by atoms with Crippen molar-refractivity contribution in [1.29, 1.82) is 0 Å². The van der Waals surface area contributed by atoms with Crippen molar-refractivity contribution in [3.63, 3.8) is 0 Å². The molecule has 1 aliphatic carbocycles. The number of carbonyl (C=O) groups is 3. The highest BCUT2D eigenvalue weighted by atomic mass is 32.1. The van der Waals surface area contributed by atoms with Gasteiger partial charge in [-0.05, 0) is 56.4 Å². The Labute approximate surface area is 166 Å². The van der Waals surface area contributed by atoms with Crippen LogP contribution in [0.3, 0.4) is 0 Å². The highest BCUT2D eigenvalue weighted by Crippen LogP contribution is 2.38. The van der Waals surface area contributed by atoms with Crippen molar-refractivity contribution in [3.8, 4) is 5.75 Å². The maximum absolute atomic E-state index is 12.5. The second-order valence-corrected chi connectivity index (χ2v) is 7.75. The van der Waals surface area contributed by atoms with Crippen LogP contribution in [0.1, 0.15) is 50.1 Å². The minimum atomic E-state index is -1.04. The van der Waals surface area contributed by atoms with E-state index in [1.54, 1.807) is 18.2 Å². The molecular weight excluding hydrogens is 380 g/mol. The summed E-state index contributed by atoms with van der Waals surface area (Å²) in [5, 5.41) is 3.11. The van der Waals surface area contributed by atoms with Crippen LogP contribution in [-0.4, -0.2) is 31.0 Å². The summed E-state index contributed by atoms with van der Waals surface area (Å²) < 4.78 is 10.5. The van der Waals surface area contributed by atoms with Crippen molar-refractivity contribution in [3.05, 3.63) is 45.3 Å². The molecular formula is C20H22N2O5S. The largest absolute Gasteiger partial charge is 0.496 e. The number of carbonyl (C=O) groups excluding carboxylic acids is 3. The van der Waals surface area contributed by atoms with Gasteiger partial charge in [-0.25, -0.2) is 4.79 Å². The molecule has 0 spiro atoms. The van der Waals surface area contributed by atoms with Gasteiger partial charge in [-0.2, -0.15) is 0 Å². The van der Waals surface area contributed by atoms with Crippen molar-refractivity contribution < 1.29 is 23.9 Å². The minimum absolute atomic E-state index is 0.287. The van der Waals surface area contributed by atoms with Crippen molar-refractivity contribution in [2.75, 3.05) is 12.4 Å². The predicted molar refractivity (Wildman–Crippen MR) is 106 cm³/mol. The summed E-state index contributed by atoms with van der Waals surface area (Å²) in [6.45, 7) is 3.34. The van der Waals surface area contributed by atoms with Gasteiger partial charge in [0, 0.05) is 4.88 Å². The molecule has 7 nitrogen and oxygen atoms in total. The molecule has 8 heteroatoms. The third-order valence-electron chi connectivity index (χ3n) is 4.70. The van der Waals surface area contributed by atoms with Gasteiger partial charge in [0.05, 0.1) is 18.2 Å². The zero-order valence-electron chi connectivity index (χ0n) is 16.0. The first kappa shape index (κ1) is 19.9. The summed E-state index contributed by atoms with van der Waals surface area (Å²) >= 11 is 1.35. The topological polar surface area (TPSA) is 108 Å². The molecule has 28 heavy (non-hydrogen) atoms. The number of fused-ring (bicyclic) bond motifs is 1. The first-order valence-corrected chi connectivity index (χ1v) is 9.74. The van der Waals surface area contributed by atoms with Crippen LogP contribution in [0.25, 0.3) is 0 Å². The lowest BCUT2D eigenvalue weighted by Gasteiger charge is -2.14. The SMILES string of the molecule is COc1cc(C(=O)O[C@@H](C)C(=O)Nc2sc3c(c2C(N)=O)CCC3)ccc1C. The second-order valence-electron chi connectivity index (χ2n) is 6.65. The molecule has 0 bridgehead atoms. The minimum Gasteiger partial charge on any atom is -0.496 e. The summed E-state index contributed by atoms with van der Waals surface area (Å²) in [4.78, 5) is 37.7. The highest BCUT2D eigenvalue weighted by molar-refractivity contribution is 7.17. The van der Waals surface area contributed by atoms with Crippen molar-refractivity contribution in [1.82, 2.24) is 0 Å². The number of ether oxygens (including phenoxy) is 2. The molecule has 3 N–H and O–H groups in total. The Morgan fingerprint density at radius 3 is 2.68 bits per heavy atom. The first-order chi connectivity index (χ1) is 13.3. The Balaban J connectivity index is 1.70. The standard InChI is InChI=1S/C20H22N2O5S/c1-10-7-8-12(9-14(10)26-3)20(25)27-11(2)18(24)22-19-16(17(21)23)13-5-4-6-15(13)28-19/h7-9,11H,4-6H2,1-3H3,(H2,21,23)(H,22,24)/t11-/m0/s1. The molecule has 1 aromatic carbocycles. The fourth-order valence-electron chi connectivity index (χ4n) is 3.20. The molecule has 0 saturated carbocycles. The van der Waals surface area contributed by atoms with Crippen LogP contribution in [0.4, 0.5) is 5.00 Å². The molecule has 1 aliphatic rings. The van der Waals surface area contributed by atoms with Gasteiger partial charge in [0.25, 0.3) is 11.8 Å². The van der Waals surface area contributed by atoms with Crippen molar-refractivity contribution in [2.45, 2.75) is 39.2 Å². The Bertz CT molecular complexity index is 950. The predicted octanol–water partition coefficient (Wildman–Crippen LogP) is 2.84. The van der Waals surface area contributed by atoms with Crippen LogP contribution >= 0.6 is 11.3 Å². The van der Waals surface area contributed by atoms with E-state index in [9.17, 15) is 14.4 Å². The van der Waals surface area contributed by atoms with E-state index in [1.807, 2.05) is 6.92 Å². The summed E-state index contributed by atoms with van der Waals surface area (Å²) in [6, 6.07) is 4.92. The third kappa shape index (κ3) is 3.87. The average molecular weight is 402 g/mol. The highest BCUT2D eigenvalue weighted by Gasteiger charge is 2.28. The second kappa shape index (κ2) is 8.02. The number of rotatable bonds is 6. The van der Waals surface area contributed by atoms with E-state index in [0.29, 0.717) is 16.3 Å². The van der Waals surface area contributed by atoms with Gasteiger partial charge >= 0.3 is 5.97 Å². The van der Waals surface area contributed by atoms with Crippen LogP contribution in [0.5, 0.6) is 5.75 Å². The van der Waals surface area contributed by atoms with E-state index in [4.69, 9.17) is 15.2 Å². The number of esters is 1. The number of nitrogens with two attached hydrogens (primary N) is 1. The zero-order chi connectivity index (χ0) is 20.4. The van der Waals surface area contributed by atoms with Gasteiger partial charge in [-0.15, -0.1) is 11.3 Å². The lowest BCUT2D eigenvalue weighted by molar-refractivity contribution is -0.123. The van der Waals surface area contributed by atoms with Gasteiger partial charge in [0.2, 0.25) is 0 Å². The Hall–Kier alpha value is -2.87. The average Bonchev–Trinajstić information content (AvgIpc) is 3.22. The van der Waals surface area contributed by atoms with E-state index >= 15 is 0 Å². The van der Waals surface area contributed by atoms with E-state index in [-0.39, 0.29) is 5.56 Å². The van der Waals surface area contributed by atoms with E-state index in [1.165, 1.54) is 25.4 Å². The number of methoxy groups -OCH3 is 1. The lowest BCUT2D eigenvalue weighted by atomic mass is 10.1. The van der Waals surface area contributed by atoms with Crippen LogP contribution in [0.2, 0.25) is 0 Å². The normalized spacial score (nSPS) is 13.5. The van der Waals surface area contributed by atoms with Gasteiger partial charge in [0.1, 0.15) is 10.8 Å². The number of anilines is 1. The molecule has 3 rings (SSSR count). The number of benzene rings is 1. The molecule has 1 atom stereocenters. The quantitative estimate of drug-likeness (QED) is 0.723. The van der Waals surface area contributed by atoms with Gasteiger partial charge in [-0.1, -0.05) is 6.07 Å². The summed E-state index contributed by atoms with van der Waals surface area (Å²) in [5.74, 6) is -1.16. The fourth-order valence-corrected chi connectivity index (χ4v) is 4.49. The molecule has 0 saturated heterocycles. The monoisotopic (exact) mass is 402 g/mol. The maximum atomic E-state index is 12.5. The molecule has 1 heterocycles.